The Morgan fingerprint density at radius 1 is 1.16 bits per heavy atom. The highest BCUT2D eigenvalue weighted by Crippen LogP contribution is 2.26. The number of morpholine rings is 1. The van der Waals surface area contributed by atoms with Crippen LogP contribution in [-0.4, -0.2) is 38.8 Å². The number of anilines is 1. The number of halogens is 1. The molecule has 0 saturated carbocycles. The fourth-order valence-corrected chi connectivity index (χ4v) is 2.36. The minimum absolute atomic E-state index is 0. The number of ether oxygens (including phenoxy) is 3. The first-order chi connectivity index (χ1) is 11.7. The Kier molecular flexibility index (Phi) is 7.06. The maximum atomic E-state index is 12.1. The summed E-state index contributed by atoms with van der Waals surface area (Å²) in [4.78, 5) is 12.1. The second-order valence-corrected chi connectivity index (χ2v) is 5.36. The average molecular weight is 365 g/mol. The number of carbonyl (C=O) groups is 1. The second-order valence-electron chi connectivity index (χ2n) is 5.36. The molecule has 134 valence electrons. The Morgan fingerprint density at radius 2 is 1.92 bits per heavy atom. The van der Waals surface area contributed by atoms with Crippen molar-refractivity contribution in [3.8, 4) is 17.2 Å². The van der Waals surface area contributed by atoms with E-state index in [0.717, 1.165) is 12.3 Å². The van der Waals surface area contributed by atoms with E-state index in [2.05, 4.69) is 10.6 Å². The lowest BCUT2D eigenvalue weighted by atomic mass is 10.2. The molecular weight excluding hydrogens is 344 g/mol. The molecule has 2 aromatic rings. The van der Waals surface area contributed by atoms with E-state index in [1.807, 2.05) is 24.3 Å². The van der Waals surface area contributed by atoms with Crippen LogP contribution >= 0.6 is 12.4 Å². The largest absolute Gasteiger partial charge is 0.497 e. The van der Waals surface area contributed by atoms with Gasteiger partial charge >= 0.3 is 0 Å². The van der Waals surface area contributed by atoms with Crippen LogP contribution in [0.1, 0.15) is 0 Å². The van der Waals surface area contributed by atoms with Gasteiger partial charge in [-0.2, -0.15) is 0 Å². The number of nitrogens with one attached hydrogen (secondary N) is 2. The quantitative estimate of drug-likeness (QED) is 0.853. The Morgan fingerprint density at radius 3 is 2.60 bits per heavy atom. The molecule has 0 bridgehead atoms. The Bertz CT molecular complexity index is 688. The second kappa shape index (κ2) is 9.27. The van der Waals surface area contributed by atoms with Gasteiger partial charge in [0.1, 0.15) is 23.4 Å². The number of amides is 1. The molecule has 1 aliphatic rings. The lowest BCUT2D eigenvalue weighted by Crippen LogP contribution is -2.45. The van der Waals surface area contributed by atoms with Crippen molar-refractivity contribution in [1.82, 2.24) is 5.32 Å². The molecule has 0 aliphatic carbocycles. The zero-order chi connectivity index (χ0) is 16.8. The third-order valence-electron chi connectivity index (χ3n) is 3.62. The molecule has 7 heteroatoms. The van der Waals surface area contributed by atoms with E-state index in [1.54, 1.807) is 31.4 Å². The zero-order valence-electron chi connectivity index (χ0n) is 13.9. The summed E-state index contributed by atoms with van der Waals surface area (Å²) in [6.07, 6.45) is -0.452. The normalized spacial score (nSPS) is 16.4. The lowest BCUT2D eigenvalue weighted by molar-refractivity contribution is -0.128. The van der Waals surface area contributed by atoms with Crippen molar-refractivity contribution in [1.29, 1.82) is 0 Å². The molecule has 2 aromatic carbocycles. The van der Waals surface area contributed by atoms with Crippen LogP contribution in [0.25, 0.3) is 0 Å². The number of hydrogen-bond donors (Lipinski definition) is 2. The molecule has 0 radical (unpaired) electrons. The van der Waals surface area contributed by atoms with Gasteiger partial charge in [-0.05, 0) is 36.4 Å². The lowest BCUT2D eigenvalue weighted by Gasteiger charge is -2.22. The third-order valence-corrected chi connectivity index (χ3v) is 3.62. The minimum atomic E-state index is -0.452. The highest BCUT2D eigenvalue weighted by molar-refractivity contribution is 5.94. The molecule has 1 heterocycles. The number of carbonyl (C=O) groups excluding carboxylic acids is 1. The molecule has 1 saturated heterocycles. The van der Waals surface area contributed by atoms with E-state index < -0.39 is 6.10 Å². The summed E-state index contributed by atoms with van der Waals surface area (Å²) in [5.74, 6) is 1.95. The fourth-order valence-electron chi connectivity index (χ4n) is 2.36. The molecule has 2 N–H and O–H groups in total. The number of methoxy groups -OCH3 is 1. The highest BCUT2D eigenvalue weighted by atomic mass is 35.5. The summed E-state index contributed by atoms with van der Waals surface area (Å²) in [6, 6.07) is 14.6. The van der Waals surface area contributed by atoms with E-state index >= 15 is 0 Å². The molecule has 25 heavy (non-hydrogen) atoms. The molecule has 3 rings (SSSR count). The number of rotatable bonds is 5. The highest BCUT2D eigenvalue weighted by Gasteiger charge is 2.21. The maximum Gasteiger partial charge on any atom is 0.254 e. The summed E-state index contributed by atoms with van der Waals surface area (Å²) in [5.41, 5.74) is 0.701. The van der Waals surface area contributed by atoms with E-state index in [1.165, 1.54) is 0 Å². The smallest absolute Gasteiger partial charge is 0.254 e. The monoisotopic (exact) mass is 364 g/mol. The molecule has 0 spiro atoms. The van der Waals surface area contributed by atoms with Gasteiger partial charge < -0.3 is 24.8 Å². The topological polar surface area (TPSA) is 68.8 Å². The zero-order valence-corrected chi connectivity index (χ0v) is 14.7. The van der Waals surface area contributed by atoms with Crippen LogP contribution in [0.4, 0.5) is 5.69 Å². The molecule has 1 amide bonds. The van der Waals surface area contributed by atoms with Gasteiger partial charge in [0.2, 0.25) is 0 Å². The van der Waals surface area contributed by atoms with Gasteiger partial charge in [-0.1, -0.05) is 6.07 Å². The predicted molar refractivity (Wildman–Crippen MR) is 98.0 cm³/mol. The van der Waals surface area contributed by atoms with Crippen molar-refractivity contribution in [3.63, 3.8) is 0 Å². The SMILES string of the molecule is COc1cccc(Oc2ccc(NC(=O)C3CNCCO3)cc2)c1.Cl. The Balaban J connectivity index is 0.00000225. The van der Waals surface area contributed by atoms with Crippen LogP contribution in [0.5, 0.6) is 17.2 Å². The maximum absolute atomic E-state index is 12.1. The van der Waals surface area contributed by atoms with Crippen molar-refractivity contribution in [3.05, 3.63) is 48.5 Å². The average Bonchev–Trinajstić information content (AvgIpc) is 2.64. The predicted octanol–water partition coefficient (Wildman–Crippen LogP) is 2.84. The van der Waals surface area contributed by atoms with Crippen LogP contribution in [0.3, 0.4) is 0 Å². The summed E-state index contributed by atoms with van der Waals surface area (Å²) in [7, 11) is 1.61. The molecule has 1 unspecified atom stereocenters. The van der Waals surface area contributed by atoms with Gasteiger partial charge in [0.05, 0.1) is 13.7 Å². The first-order valence-corrected chi connectivity index (χ1v) is 7.80. The van der Waals surface area contributed by atoms with Crippen LogP contribution < -0.4 is 20.1 Å². The van der Waals surface area contributed by atoms with E-state index in [0.29, 0.717) is 30.3 Å². The van der Waals surface area contributed by atoms with E-state index in [9.17, 15) is 4.79 Å². The van der Waals surface area contributed by atoms with Crippen LogP contribution in [0.2, 0.25) is 0 Å². The fraction of sp³-hybridized carbons (Fsp3) is 0.278. The van der Waals surface area contributed by atoms with Gasteiger partial charge in [-0.25, -0.2) is 0 Å². The van der Waals surface area contributed by atoms with E-state index in [4.69, 9.17) is 14.2 Å². The molecular formula is C18H21ClN2O4. The van der Waals surface area contributed by atoms with E-state index in [-0.39, 0.29) is 18.3 Å². The van der Waals surface area contributed by atoms with Crippen molar-refractivity contribution < 1.29 is 19.0 Å². The van der Waals surface area contributed by atoms with Gasteiger partial charge in [0, 0.05) is 24.8 Å². The minimum Gasteiger partial charge on any atom is -0.497 e. The number of benzene rings is 2. The van der Waals surface area contributed by atoms with Crippen molar-refractivity contribution in [2.75, 3.05) is 32.1 Å². The van der Waals surface area contributed by atoms with Crippen LogP contribution in [0.15, 0.2) is 48.5 Å². The summed E-state index contributed by atoms with van der Waals surface area (Å²) in [5, 5.41) is 5.97. The van der Waals surface area contributed by atoms with Crippen molar-refractivity contribution in [2.24, 2.45) is 0 Å². The van der Waals surface area contributed by atoms with Gasteiger partial charge in [0.15, 0.2) is 0 Å². The Hall–Kier alpha value is -2.28. The molecule has 1 aliphatic heterocycles. The Labute approximate surface area is 152 Å². The van der Waals surface area contributed by atoms with Gasteiger partial charge in [-0.15, -0.1) is 12.4 Å². The molecule has 1 atom stereocenters. The first kappa shape index (κ1) is 19.1. The third kappa shape index (κ3) is 5.35. The van der Waals surface area contributed by atoms with Crippen molar-refractivity contribution >= 4 is 24.0 Å². The molecule has 6 nitrogen and oxygen atoms in total. The number of hydrogen-bond acceptors (Lipinski definition) is 5. The molecule has 1 fully saturated rings. The summed E-state index contributed by atoms with van der Waals surface area (Å²) >= 11 is 0. The van der Waals surface area contributed by atoms with Gasteiger partial charge in [-0.3, -0.25) is 4.79 Å². The van der Waals surface area contributed by atoms with Crippen LogP contribution in [-0.2, 0) is 9.53 Å². The molecule has 0 aromatic heterocycles. The van der Waals surface area contributed by atoms with Crippen LogP contribution in [0, 0.1) is 0 Å². The summed E-state index contributed by atoms with van der Waals surface area (Å²) in [6.45, 7) is 1.86. The van der Waals surface area contributed by atoms with Gasteiger partial charge in [0.25, 0.3) is 5.91 Å². The summed E-state index contributed by atoms with van der Waals surface area (Å²) < 4.78 is 16.4. The van der Waals surface area contributed by atoms with Crippen molar-refractivity contribution in [2.45, 2.75) is 6.10 Å². The standard InChI is InChI=1S/C18H20N2O4.ClH/c1-22-15-3-2-4-16(11-15)24-14-7-5-13(6-8-14)20-18(21)17-12-19-9-10-23-17;/h2-8,11,17,19H,9-10,12H2,1H3,(H,20,21);1H. The first-order valence-electron chi connectivity index (χ1n) is 7.80.